The zero-order valence-electron chi connectivity index (χ0n) is 12.3. The van der Waals surface area contributed by atoms with Crippen LogP contribution in [0.2, 0.25) is 0 Å². The molecule has 2 aromatic heterocycles. The number of pyridine rings is 1. The number of rotatable bonds is 3. The first-order valence-corrected chi connectivity index (χ1v) is 7.54. The van der Waals surface area contributed by atoms with Crippen molar-refractivity contribution in [3.63, 3.8) is 0 Å². The number of hydrogen-bond donors (Lipinski definition) is 0. The van der Waals surface area contributed by atoms with E-state index in [0.717, 1.165) is 31.8 Å². The highest BCUT2D eigenvalue weighted by molar-refractivity contribution is 7.20. The number of thiophene rings is 1. The SMILES string of the molecule is CC(=O)c1cc2c(-c3ccc(N(C)C)cc3)cncc2s1. The van der Waals surface area contributed by atoms with Crippen LogP contribution in [0.3, 0.4) is 0 Å². The number of nitrogens with zero attached hydrogens (tertiary/aromatic N) is 2. The number of aromatic nitrogens is 1. The summed E-state index contributed by atoms with van der Waals surface area (Å²) in [7, 11) is 4.05. The van der Waals surface area contributed by atoms with Gasteiger partial charge in [0, 0.05) is 43.1 Å². The normalized spacial score (nSPS) is 10.8. The van der Waals surface area contributed by atoms with Crippen LogP contribution < -0.4 is 4.90 Å². The van der Waals surface area contributed by atoms with Crippen molar-refractivity contribution in [2.75, 3.05) is 19.0 Å². The predicted molar refractivity (Wildman–Crippen MR) is 89.4 cm³/mol. The summed E-state index contributed by atoms with van der Waals surface area (Å²) in [4.78, 5) is 18.7. The number of Topliss-reactive ketones (excluding diaryl/α,β-unsaturated/α-hetero) is 1. The van der Waals surface area contributed by atoms with Gasteiger partial charge in [-0.1, -0.05) is 12.1 Å². The van der Waals surface area contributed by atoms with Gasteiger partial charge < -0.3 is 4.90 Å². The van der Waals surface area contributed by atoms with Gasteiger partial charge in [-0.3, -0.25) is 9.78 Å². The van der Waals surface area contributed by atoms with Gasteiger partial charge in [0.1, 0.15) is 0 Å². The standard InChI is InChI=1S/C17H16N2OS/c1-11(20)16-8-14-15(9-18-10-17(14)21-16)12-4-6-13(7-5-12)19(2)3/h4-10H,1-3H3. The highest BCUT2D eigenvalue weighted by Gasteiger charge is 2.11. The van der Waals surface area contributed by atoms with Crippen LogP contribution in [0.25, 0.3) is 21.2 Å². The Morgan fingerprint density at radius 2 is 1.86 bits per heavy atom. The zero-order valence-corrected chi connectivity index (χ0v) is 13.1. The summed E-state index contributed by atoms with van der Waals surface area (Å²) < 4.78 is 1.05. The molecule has 3 rings (SSSR count). The molecule has 106 valence electrons. The molecular weight excluding hydrogens is 280 g/mol. The molecule has 0 radical (unpaired) electrons. The quantitative estimate of drug-likeness (QED) is 0.678. The maximum Gasteiger partial charge on any atom is 0.169 e. The summed E-state index contributed by atoms with van der Waals surface area (Å²) in [6, 6.07) is 10.3. The number of carbonyl (C=O) groups is 1. The number of carbonyl (C=O) groups excluding carboxylic acids is 1. The van der Waals surface area contributed by atoms with Gasteiger partial charge in [0.25, 0.3) is 0 Å². The molecule has 0 bridgehead atoms. The van der Waals surface area contributed by atoms with Gasteiger partial charge >= 0.3 is 0 Å². The largest absolute Gasteiger partial charge is 0.378 e. The fourth-order valence-corrected chi connectivity index (χ4v) is 3.25. The van der Waals surface area contributed by atoms with E-state index in [0.29, 0.717) is 0 Å². The molecule has 4 heteroatoms. The van der Waals surface area contributed by atoms with E-state index in [1.807, 2.05) is 32.6 Å². The lowest BCUT2D eigenvalue weighted by atomic mass is 10.0. The van der Waals surface area contributed by atoms with E-state index in [1.54, 1.807) is 6.92 Å². The lowest BCUT2D eigenvalue weighted by Crippen LogP contribution is -2.07. The van der Waals surface area contributed by atoms with Crippen LogP contribution in [-0.4, -0.2) is 24.9 Å². The molecule has 0 saturated carbocycles. The smallest absolute Gasteiger partial charge is 0.169 e. The molecule has 0 amide bonds. The molecule has 0 aliphatic rings. The molecule has 2 heterocycles. The minimum Gasteiger partial charge on any atom is -0.378 e. The first-order valence-electron chi connectivity index (χ1n) is 6.72. The van der Waals surface area contributed by atoms with Gasteiger partial charge in [0.2, 0.25) is 0 Å². The molecule has 1 aromatic carbocycles. The van der Waals surface area contributed by atoms with Crippen LogP contribution in [0.15, 0.2) is 42.7 Å². The molecule has 3 nitrogen and oxygen atoms in total. The Kier molecular flexibility index (Phi) is 3.47. The Labute approximate surface area is 127 Å². The van der Waals surface area contributed by atoms with E-state index < -0.39 is 0 Å². The Bertz CT molecular complexity index is 803. The summed E-state index contributed by atoms with van der Waals surface area (Å²) in [6.45, 7) is 1.60. The van der Waals surface area contributed by atoms with Gasteiger partial charge in [-0.2, -0.15) is 0 Å². The van der Waals surface area contributed by atoms with Crippen LogP contribution in [-0.2, 0) is 0 Å². The second kappa shape index (κ2) is 5.30. The fourth-order valence-electron chi connectivity index (χ4n) is 2.30. The lowest BCUT2D eigenvalue weighted by molar-refractivity contribution is 0.102. The molecule has 21 heavy (non-hydrogen) atoms. The third-order valence-corrected chi connectivity index (χ3v) is 4.66. The van der Waals surface area contributed by atoms with Gasteiger partial charge in [0.15, 0.2) is 5.78 Å². The van der Waals surface area contributed by atoms with Crippen LogP contribution in [0.4, 0.5) is 5.69 Å². The van der Waals surface area contributed by atoms with Crippen molar-refractivity contribution in [1.82, 2.24) is 4.98 Å². The molecule has 3 aromatic rings. The Morgan fingerprint density at radius 1 is 1.14 bits per heavy atom. The summed E-state index contributed by atoms with van der Waals surface area (Å²) in [6.07, 6.45) is 3.69. The van der Waals surface area contributed by atoms with Gasteiger partial charge in [-0.05, 0) is 30.7 Å². The predicted octanol–water partition coefficient (Wildman–Crippen LogP) is 4.23. The summed E-state index contributed by atoms with van der Waals surface area (Å²) in [5, 5.41) is 1.10. The molecule has 0 N–H and O–H groups in total. The topological polar surface area (TPSA) is 33.2 Å². The van der Waals surface area contributed by atoms with Crippen LogP contribution in [0.5, 0.6) is 0 Å². The average Bonchev–Trinajstić information content (AvgIpc) is 2.91. The number of anilines is 1. The monoisotopic (exact) mass is 296 g/mol. The van der Waals surface area contributed by atoms with E-state index in [-0.39, 0.29) is 5.78 Å². The van der Waals surface area contributed by atoms with Gasteiger partial charge in [-0.15, -0.1) is 11.3 Å². The maximum atomic E-state index is 11.6. The molecule has 0 spiro atoms. The lowest BCUT2D eigenvalue weighted by Gasteiger charge is -2.12. The van der Waals surface area contributed by atoms with Gasteiger partial charge in [-0.25, -0.2) is 0 Å². The second-order valence-electron chi connectivity index (χ2n) is 5.21. The van der Waals surface area contributed by atoms with Crippen molar-refractivity contribution in [2.24, 2.45) is 0 Å². The summed E-state index contributed by atoms with van der Waals surface area (Å²) in [5.74, 6) is 0.102. The van der Waals surface area contributed by atoms with Crippen molar-refractivity contribution in [2.45, 2.75) is 6.92 Å². The second-order valence-corrected chi connectivity index (χ2v) is 6.29. The summed E-state index contributed by atoms with van der Waals surface area (Å²) >= 11 is 1.50. The van der Waals surface area contributed by atoms with Crippen LogP contribution >= 0.6 is 11.3 Å². The van der Waals surface area contributed by atoms with Crippen molar-refractivity contribution in [3.05, 3.63) is 47.6 Å². The first kappa shape index (κ1) is 13.8. The number of benzene rings is 1. The van der Waals surface area contributed by atoms with Crippen molar-refractivity contribution in [3.8, 4) is 11.1 Å². The number of hydrogen-bond acceptors (Lipinski definition) is 4. The Balaban J connectivity index is 2.13. The molecular formula is C17H16N2OS. The van der Waals surface area contributed by atoms with Crippen LogP contribution in [0, 0.1) is 0 Å². The number of fused-ring (bicyclic) bond motifs is 1. The van der Waals surface area contributed by atoms with Crippen molar-refractivity contribution in [1.29, 1.82) is 0 Å². The molecule has 0 fully saturated rings. The highest BCUT2D eigenvalue weighted by Crippen LogP contribution is 2.34. The Morgan fingerprint density at radius 3 is 2.48 bits per heavy atom. The maximum absolute atomic E-state index is 11.6. The van der Waals surface area contributed by atoms with E-state index in [2.05, 4.69) is 34.1 Å². The molecule has 0 atom stereocenters. The summed E-state index contributed by atoms with van der Waals surface area (Å²) in [5.41, 5.74) is 3.35. The minimum atomic E-state index is 0.102. The zero-order chi connectivity index (χ0) is 15.0. The van der Waals surface area contributed by atoms with E-state index in [4.69, 9.17) is 0 Å². The molecule has 0 aliphatic heterocycles. The average molecular weight is 296 g/mol. The van der Waals surface area contributed by atoms with Gasteiger partial charge in [0.05, 0.1) is 9.58 Å². The van der Waals surface area contributed by atoms with Crippen LogP contribution in [0.1, 0.15) is 16.6 Å². The first-order chi connectivity index (χ1) is 10.1. The van der Waals surface area contributed by atoms with E-state index in [1.165, 1.54) is 11.3 Å². The van der Waals surface area contributed by atoms with Crippen molar-refractivity contribution >= 4 is 32.9 Å². The highest BCUT2D eigenvalue weighted by atomic mass is 32.1. The molecule has 0 unspecified atom stereocenters. The van der Waals surface area contributed by atoms with Crippen molar-refractivity contribution < 1.29 is 4.79 Å². The number of ketones is 1. The van der Waals surface area contributed by atoms with E-state index in [9.17, 15) is 4.79 Å². The molecule has 0 aliphatic carbocycles. The minimum absolute atomic E-state index is 0.102. The Hall–Kier alpha value is -2.20. The third kappa shape index (κ3) is 2.54. The third-order valence-electron chi connectivity index (χ3n) is 3.49. The van der Waals surface area contributed by atoms with E-state index >= 15 is 0 Å². The molecule has 0 saturated heterocycles. The fraction of sp³-hybridized carbons (Fsp3) is 0.176.